The quantitative estimate of drug-likeness (QED) is 0.661. The van der Waals surface area contributed by atoms with Crippen LogP contribution in [-0.2, 0) is 10.2 Å². The molecule has 25 heavy (non-hydrogen) atoms. The third-order valence-electron chi connectivity index (χ3n) is 5.18. The van der Waals surface area contributed by atoms with Crippen LogP contribution in [0.3, 0.4) is 0 Å². The number of primary amides is 1. The van der Waals surface area contributed by atoms with Crippen molar-refractivity contribution in [2.75, 3.05) is 13.1 Å². The molecule has 1 saturated heterocycles. The Balaban J connectivity index is 1.97. The lowest BCUT2D eigenvalue weighted by Gasteiger charge is -2.40. The normalized spacial score (nSPS) is 18.1. The van der Waals surface area contributed by atoms with Gasteiger partial charge in [0.15, 0.2) is 0 Å². The van der Waals surface area contributed by atoms with Crippen LogP contribution in [0.2, 0.25) is 0 Å². The lowest BCUT2D eigenvalue weighted by atomic mass is 9.64. The zero-order valence-corrected chi connectivity index (χ0v) is 13.8. The highest BCUT2D eigenvalue weighted by atomic mass is 16.1. The second-order valence-corrected chi connectivity index (χ2v) is 6.45. The van der Waals surface area contributed by atoms with Crippen molar-refractivity contribution in [3.8, 4) is 0 Å². The van der Waals surface area contributed by atoms with Crippen LogP contribution in [0, 0.1) is 5.92 Å². The van der Waals surface area contributed by atoms with Crippen LogP contribution in [-0.4, -0.2) is 39.2 Å². The third-order valence-corrected chi connectivity index (χ3v) is 5.18. The number of nitrogens with one attached hydrogen (secondary N) is 2. The van der Waals surface area contributed by atoms with Gasteiger partial charge in [0.2, 0.25) is 5.91 Å². The summed E-state index contributed by atoms with van der Waals surface area (Å²) >= 11 is 0. The first-order chi connectivity index (χ1) is 12.2. The van der Waals surface area contributed by atoms with Crippen LogP contribution in [0.15, 0.2) is 43.0 Å². The maximum absolute atomic E-state index is 12.9. The Morgan fingerprint density at radius 1 is 1.28 bits per heavy atom. The number of carbonyl (C=O) groups excluding carboxylic acids is 1. The molecule has 3 aromatic rings. The summed E-state index contributed by atoms with van der Waals surface area (Å²) in [4.78, 5) is 21.7. The molecule has 0 aliphatic carbocycles. The van der Waals surface area contributed by atoms with Gasteiger partial charge >= 0.3 is 0 Å². The number of aromatic amines is 1. The number of fused-ring (bicyclic) bond motifs is 1. The fraction of sp³-hybridized carbons (Fsp3) is 0.333. The highest BCUT2D eigenvalue weighted by Gasteiger charge is 2.49. The SMILES string of the molecule is NC(=O)C(c1cccnc1)(c1cc2c[nH]nc2cn1)C1CCNCC1. The molecule has 1 aliphatic rings. The van der Waals surface area contributed by atoms with E-state index in [0.29, 0.717) is 5.69 Å². The van der Waals surface area contributed by atoms with Crippen molar-refractivity contribution < 1.29 is 4.79 Å². The number of hydrogen-bond donors (Lipinski definition) is 3. The average Bonchev–Trinajstić information content (AvgIpc) is 3.12. The zero-order chi connectivity index (χ0) is 17.3. The van der Waals surface area contributed by atoms with Gasteiger partial charge in [-0.2, -0.15) is 5.10 Å². The van der Waals surface area contributed by atoms with E-state index in [4.69, 9.17) is 5.73 Å². The lowest BCUT2D eigenvalue weighted by Crippen LogP contribution is -2.51. The summed E-state index contributed by atoms with van der Waals surface area (Å²) in [5, 5.41) is 11.2. The van der Waals surface area contributed by atoms with Gasteiger partial charge < -0.3 is 11.1 Å². The minimum absolute atomic E-state index is 0.0623. The maximum atomic E-state index is 12.9. The van der Waals surface area contributed by atoms with Crippen LogP contribution < -0.4 is 11.1 Å². The van der Waals surface area contributed by atoms with Gasteiger partial charge in [0.05, 0.1) is 11.9 Å². The largest absolute Gasteiger partial charge is 0.369 e. The average molecular weight is 336 g/mol. The molecule has 0 spiro atoms. The van der Waals surface area contributed by atoms with Crippen LogP contribution in [0.1, 0.15) is 24.1 Å². The van der Waals surface area contributed by atoms with Crippen molar-refractivity contribution in [2.24, 2.45) is 11.7 Å². The monoisotopic (exact) mass is 336 g/mol. The van der Waals surface area contributed by atoms with E-state index < -0.39 is 5.41 Å². The summed E-state index contributed by atoms with van der Waals surface area (Å²) in [6.45, 7) is 1.71. The number of pyridine rings is 2. The van der Waals surface area contributed by atoms with E-state index in [1.54, 1.807) is 24.8 Å². The predicted molar refractivity (Wildman–Crippen MR) is 93.7 cm³/mol. The van der Waals surface area contributed by atoms with Gasteiger partial charge in [-0.15, -0.1) is 0 Å². The summed E-state index contributed by atoms with van der Waals surface area (Å²) in [6, 6.07) is 5.67. The van der Waals surface area contributed by atoms with E-state index in [0.717, 1.165) is 42.4 Å². The molecule has 4 N–H and O–H groups in total. The number of nitrogens with zero attached hydrogens (tertiary/aromatic N) is 3. The lowest BCUT2D eigenvalue weighted by molar-refractivity contribution is -0.124. The Bertz CT molecular complexity index is 887. The standard InChI is InChI=1S/C18H20N6O/c19-17(25)18(13-3-6-20-7-4-13,14-2-1-5-21-10-14)16-8-12-9-23-24-15(12)11-22-16/h1-2,5,8-11,13,20H,3-4,6-7H2,(H2,19,25)(H,23,24). The minimum Gasteiger partial charge on any atom is -0.369 e. The number of amides is 1. The van der Waals surface area contributed by atoms with E-state index in [9.17, 15) is 4.79 Å². The van der Waals surface area contributed by atoms with E-state index in [1.165, 1.54) is 0 Å². The number of carbonyl (C=O) groups is 1. The van der Waals surface area contributed by atoms with E-state index >= 15 is 0 Å². The van der Waals surface area contributed by atoms with E-state index in [2.05, 4.69) is 25.5 Å². The first kappa shape index (κ1) is 15.7. The van der Waals surface area contributed by atoms with Gasteiger partial charge in [0, 0.05) is 24.0 Å². The van der Waals surface area contributed by atoms with Gasteiger partial charge in [0.1, 0.15) is 10.9 Å². The molecule has 1 unspecified atom stereocenters. The Kier molecular flexibility index (Phi) is 3.93. The van der Waals surface area contributed by atoms with Crippen molar-refractivity contribution in [2.45, 2.75) is 18.3 Å². The first-order valence-electron chi connectivity index (χ1n) is 8.44. The Morgan fingerprint density at radius 3 is 2.84 bits per heavy atom. The fourth-order valence-electron chi connectivity index (χ4n) is 3.97. The maximum Gasteiger partial charge on any atom is 0.234 e. The van der Waals surface area contributed by atoms with E-state index in [-0.39, 0.29) is 11.8 Å². The molecule has 0 radical (unpaired) electrons. The first-order valence-corrected chi connectivity index (χ1v) is 8.44. The highest BCUT2D eigenvalue weighted by molar-refractivity contribution is 5.92. The molecule has 4 heterocycles. The molecule has 1 atom stereocenters. The van der Waals surface area contributed by atoms with E-state index in [1.807, 2.05) is 18.2 Å². The van der Waals surface area contributed by atoms with Crippen LogP contribution in [0.5, 0.6) is 0 Å². The second-order valence-electron chi connectivity index (χ2n) is 6.45. The van der Waals surface area contributed by atoms with Crippen molar-refractivity contribution in [1.29, 1.82) is 0 Å². The van der Waals surface area contributed by atoms with Crippen LogP contribution >= 0.6 is 0 Å². The molecule has 128 valence electrons. The number of aromatic nitrogens is 4. The van der Waals surface area contributed by atoms with Crippen molar-refractivity contribution in [3.63, 3.8) is 0 Å². The molecule has 4 rings (SSSR count). The third kappa shape index (κ3) is 2.47. The van der Waals surface area contributed by atoms with Gasteiger partial charge in [-0.1, -0.05) is 6.07 Å². The molecular formula is C18H20N6O. The summed E-state index contributed by atoms with van der Waals surface area (Å²) in [5.74, 6) is -0.324. The second kappa shape index (κ2) is 6.25. The molecule has 0 saturated carbocycles. The Morgan fingerprint density at radius 2 is 2.12 bits per heavy atom. The number of nitrogens with two attached hydrogens (primary N) is 1. The van der Waals surface area contributed by atoms with Gasteiger partial charge in [-0.05, 0) is 49.5 Å². The molecular weight excluding hydrogens is 316 g/mol. The van der Waals surface area contributed by atoms with Gasteiger partial charge in [-0.25, -0.2) is 0 Å². The van der Waals surface area contributed by atoms with Crippen molar-refractivity contribution >= 4 is 16.8 Å². The molecule has 7 nitrogen and oxygen atoms in total. The smallest absolute Gasteiger partial charge is 0.234 e. The molecule has 1 aliphatic heterocycles. The zero-order valence-electron chi connectivity index (χ0n) is 13.8. The molecule has 1 amide bonds. The van der Waals surface area contributed by atoms with Crippen molar-refractivity contribution in [1.82, 2.24) is 25.5 Å². The molecule has 3 aromatic heterocycles. The molecule has 0 aromatic carbocycles. The minimum atomic E-state index is -0.998. The topological polar surface area (TPSA) is 110 Å². The summed E-state index contributed by atoms with van der Waals surface area (Å²) in [6.07, 6.45) is 8.62. The number of piperidine rings is 1. The molecule has 7 heteroatoms. The summed E-state index contributed by atoms with van der Waals surface area (Å²) < 4.78 is 0. The number of rotatable bonds is 4. The molecule has 0 bridgehead atoms. The fourth-order valence-corrected chi connectivity index (χ4v) is 3.97. The van der Waals surface area contributed by atoms with Crippen molar-refractivity contribution in [3.05, 3.63) is 54.2 Å². The molecule has 1 fully saturated rings. The Labute approximate surface area is 145 Å². The number of H-pyrrole nitrogens is 1. The predicted octanol–water partition coefficient (Wildman–Crippen LogP) is 1.12. The summed E-state index contributed by atoms with van der Waals surface area (Å²) in [7, 11) is 0. The number of hydrogen-bond acceptors (Lipinski definition) is 5. The Hall–Kier alpha value is -2.80. The summed E-state index contributed by atoms with van der Waals surface area (Å²) in [5.41, 5.74) is 7.26. The highest BCUT2D eigenvalue weighted by Crippen LogP contribution is 2.42. The van der Waals surface area contributed by atoms with Gasteiger partial charge in [0.25, 0.3) is 0 Å². The van der Waals surface area contributed by atoms with Gasteiger partial charge in [-0.3, -0.25) is 19.9 Å². The van der Waals surface area contributed by atoms with Crippen LogP contribution in [0.4, 0.5) is 0 Å². The van der Waals surface area contributed by atoms with Crippen LogP contribution in [0.25, 0.3) is 10.9 Å².